The summed E-state index contributed by atoms with van der Waals surface area (Å²) in [4.78, 5) is 89.7. The Bertz CT molecular complexity index is 1580. The van der Waals surface area contributed by atoms with Gasteiger partial charge in [-0.05, 0) is 37.1 Å². The van der Waals surface area contributed by atoms with Crippen LogP contribution in [0.1, 0.15) is 51.9 Å². The molecule has 0 aliphatic carbocycles. The number of hydrogen-bond donors (Lipinski definition) is 1. The lowest BCUT2D eigenvalue weighted by molar-refractivity contribution is -0.479. The van der Waals surface area contributed by atoms with E-state index in [1.165, 1.54) is 0 Å². The smallest absolute Gasteiger partial charge is 0.313 e. The van der Waals surface area contributed by atoms with Gasteiger partial charge in [0.1, 0.15) is 49.9 Å². The van der Waals surface area contributed by atoms with Crippen LogP contribution in [-0.4, -0.2) is 163 Å². The average Bonchev–Trinajstić information content (AvgIpc) is 3.22. The number of esters is 4. The van der Waals surface area contributed by atoms with E-state index in [2.05, 4.69) is 11.8 Å². The lowest BCUT2D eigenvalue weighted by Gasteiger charge is -2.42. The minimum Gasteiger partial charge on any atom is -0.494 e. The number of rotatable bonds is 26. The number of nitrogens with zero attached hydrogens (tertiary/aromatic N) is 5. The number of morpholine rings is 1. The molecule has 2 saturated heterocycles. The molecular formula is C35H52ClN5O21. The molecule has 2 fully saturated rings. The molecule has 27 heteroatoms. The maximum Gasteiger partial charge on any atom is 0.313 e. The molecule has 0 saturated carbocycles. The number of carbonyl (C=O) groups is 4. The highest BCUT2D eigenvalue weighted by Gasteiger charge is 2.52. The molecule has 1 N–H and O–H groups in total. The van der Waals surface area contributed by atoms with E-state index in [-0.39, 0.29) is 12.4 Å². The zero-order valence-corrected chi connectivity index (χ0v) is 34.7. The van der Waals surface area contributed by atoms with E-state index < -0.39 is 133 Å². The van der Waals surface area contributed by atoms with Crippen molar-refractivity contribution in [2.75, 3.05) is 78.8 Å². The highest BCUT2D eigenvalue weighted by atomic mass is 35.5. The van der Waals surface area contributed by atoms with Crippen molar-refractivity contribution in [2.24, 2.45) is 0 Å². The standard InChI is InChI=1S/C18H24N4O18.C17H27NO3.ClH/c23-11(1-5-19(28)29)36-9-10-15(38-12(24)2-6-20(30)31)16(39-13(25)3-7-21(32)33)17(18(27)37-10)40-14(26)4-8-22(34)35;1-2-3-12-20-16-5-7-17(8-6-16)21-13-4-9-18-10-14-19-15-11-18;/h10,15-18,27H,1-9H2;5-8H,2-4,9-15H2,1H3;1H. The molecule has 2 aliphatic heterocycles. The van der Waals surface area contributed by atoms with E-state index in [1.54, 1.807) is 0 Å². The Balaban J connectivity index is 0.000000730. The molecule has 0 amide bonds. The van der Waals surface area contributed by atoms with Crippen LogP contribution in [0.2, 0.25) is 0 Å². The van der Waals surface area contributed by atoms with Crippen LogP contribution in [0.25, 0.3) is 0 Å². The van der Waals surface area contributed by atoms with Crippen LogP contribution >= 0.6 is 12.4 Å². The molecule has 3 rings (SSSR count). The number of hydrogen-bond acceptors (Lipinski definition) is 22. The summed E-state index contributed by atoms with van der Waals surface area (Å²) in [5.41, 5.74) is 0. The maximum atomic E-state index is 12.3. The number of ether oxygens (including phenoxy) is 8. The Labute approximate surface area is 360 Å². The largest absolute Gasteiger partial charge is 0.494 e. The van der Waals surface area contributed by atoms with Gasteiger partial charge in [-0.2, -0.15) is 0 Å². The first-order valence-corrected chi connectivity index (χ1v) is 19.3. The molecule has 2 aliphatic rings. The molecule has 0 aromatic heterocycles. The molecule has 0 bridgehead atoms. The van der Waals surface area contributed by atoms with Crippen molar-refractivity contribution in [1.29, 1.82) is 0 Å². The summed E-state index contributed by atoms with van der Waals surface area (Å²) in [6.45, 7) is 4.15. The topological polar surface area (TPSA) is 338 Å². The summed E-state index contributed by atoms with van der Waals surface area (Å²) in [5.74, 6) is -3.23. The number of benzene rings is 1. The van der Waals surface area contributed by atoms with Gasteiger partial charge < -0.3 is 43.0 Å². The molecule has 1 aromatic carbocycles. The van der Waals surface area contributed by atoms with E-state index in [0.717, 1.165) is 76.8 Å². The predicted octanol–water partition coefficient (Wildman–Crippen LogP) is 1.04. The van der Waals surface area contributed by atoms with Gasteiger partial charge in [-0.15, -0.1) is 12.4 Å². The molecule has 5 unspecified atom stereocenters. The summed E-state index contributed by atoms with van der Waals surface area (Å²) in [6.07, 6.45) is -9.87. The monoisotopic (exact) mass is 913 g/mol. The number of carbonyl (C=O) groups excluding carboxylic acids is 4. The third-order valence-electron chi connectivity index (χ3n) is 8.40. The lowest BCUT2D eigenvalue weighted by atomic mass is 9.98. The Morgan fingerprint density at radius 3 is 1.55 bits per heavy atom. The van der Waals surface area contributed by atoms with Crippen LogP contribution in [0, 0.1) is 40.5 Å². The van der Waals surface area contributed by atoms with E-state index in [9.17, 15) is 64.7 Å². The zero-order valence-electron chi connectivity index (χ0n) is 33.9. The number of unbranched alkanes of at least 4 members (excludes halogenated alkanes) is 1. The molecule has 0 spiro atoms. The normalized spacial score (nSPS) is 19.5. The summed E-state index contributed by atoms with van der Waals surface area (Å²) in [7, 11) is 0. The van der Waals surface area contributed by atoms with Gasteiger partial charge in [-0.1, -0.05) is 13.3 Å². The summed E-state index contributed by atoms with van der Waals surface area (Å²) >= 11 is 0. The van der Waals surface area contributed by atoms with E-state index in [0.29, 0.717) is 0 Å². The Morgan fingerprint density at radius 2 is 1.10 bits per heavy atom. The quantitative estimate of drug-likeness (QED) is 0.0446. The Hall–Kier alpha value is -5.57. The SMILES string of the molecule is CCCCOc1ccc(OCCCN2CCOCC2)cc1.Cl.O=C(CC[N+](=O)[O-])OCC1OC(O)C(OC(=O)CC[N+](=O)[O-])C(OC(=O)CC[N+](=O)[O-])C1OC(=O)CC[N+](=O)[O-]. The van der Waals surface area contributed by atoms with Crippen molar-refractivity contribution in [3.05, 3.63) is 64.7 Å². The Morgan fingerprint density at radius 1 is 0.677 bits per heavy atom. The lowest BCUT2D eigenvalue weighted by Crippen LogP contribution is -2.62. The highest BCUT2D eigenvalue weighted by molar-refractivity contribution is 5.85. The first-order valence-electron chi connectivity index (χ1n) is 19.3. The second kappa shape index (κ2) is 30.5. The average molecular weight is 914 g/mol. The third kappa shape index (κ3) is 23.4. The third-order valence-corrected chi connectivity index (χ3v) is 8.40. The molecular weight excluding hydrogens is 862 g/mol. The summed E-state index contributed by atoms with van der Waals surface area (Å²) in [5, 5.41) is 52.7. The fourth-order valence-corrected chi connectivity index (χ4v) is 5.31. The van der Waals surface area contributed by atoms with Gasteiger partial charge in [0.15, 0.2) is 24.6 Å². The van der Waals surface area contributed by atoms with Gasteiger partial charge in [-0.25, -0.2) is 0 Å². The molecule has 5 atom stereocenters. The zero-order chi connectivity index (χ0) is 45.2. The minimum atomic E-state index is -2.22. The van der Waals surface area contributed by atoms with Crippen LogP contribution in [0.4, 0.5) is 0 Å². The van der Waals surface area contributed by atoms with Crippen molar-refractivity contribution in [3.8, 4) is 11.5 Å². The summed E-state index contributed by atoms with van der Waals surface area (Å²) in [6, 6.07) is 7.92. The predicted molar refractivity (Wildman–Crippen MR) is 209 cm³/mol. The molecule has 350 valence electrons. The van der Waals surface area contributed by atoms with Gasteiger partial charge in [0.2, 0.25) is 26.2 Å². The van der Waals surface area contributed by atoms with Crippen molar-refractivity contribution in [2.45, 2.75) is 82.6 Å². The number of aliphatic hydroxyl groups excluding tert-OH is 1. The number of nitro groups is 4. The first kappa shape index (κ1) is 54.4. The van der Waals surface area contributed by atoms with Crippen LogP contribution in [0.3, 0.4) is 0 Å². The molecule has 62 heavy (non-hydrogen) atoms. The van der Waals surface area contributed by atoms with Gasteiger partial charge in [0.05, 0.1) is 26.4 Å². The first-order chi connectivity index (χ1) is 29.1. The van der Waals surface area contributed by atoms with Crippen molar-refractivity contribution < 1.29 is 81.9 Å². The van der Waals surface area contributed by atoms with Crippen LogP contribution < -0.4 is 9.47 Å². The van der Waals surface area contributed by atoms with E-state index in [4.69, 9.17) is 37.9 Å². The van der Waals surface area contributed by atoms with Gasteiger partial charge in [0.25, 0.3) is 0 Å². The van der Waals surface area contributed by atoms with E-state index in [1.807, 2.05) is 24.3 Å². The van der Waals surface area contributed by atoms with Crippen molar-refractivity contribution >= 4 is 36.3 Å². The van der Waals surface area contributed by atoms with Gasteiger partial charge >= 0.3 is 23.9 Å². The Kier molecular flexibility index (Phi) is 26.7. The maximum absolute atomic E-state index is 12.3. The van der Waals surface area contributed by atoms with E-state index >= 15 is 0 Å². The molecule has 2 heterocycles. The molecule has 0 radical (unpaired) electrons. The fraction of sp³-hybridized carbons (Fsp3) is 0.714. The molecule has 1 aromatic rings. The highest BCUT2D eigenvalue weighted by Crippen LogP contribution is 2.29. The second-order valence-electron chi connectivity index (χ2n) is 13.2. The van der Waals surface area contributed by atoms with Gasteiger partial charge in [-0.3, -0.25) is 64.5 Å². The van der Waals surface area contributed by atoms with Crippen molar-refractivity contribution in [3.63, 3.8) is 0 Å². The van der Waals surface area contributed by atoms with Crippen LogP contribution in [0.15, 0.2) is 24.3 Å². The minimum absolute atomic E-state index is 0. The number of halogens is 1. The van der Waals surface area contributed by atoms with Gasteiger partial charge in [0, 0.05) is 39.3 Å². The number of aliphatic hydroxyl groups is 1. The van der Waals surface area contributed by atoms with Crippen LogP contribution in [0.5, 0.6) is 11.5 Å². The summed E-state index contributed by atoms with van der Waals surface area (Å²) < 4.78 is 41.8. The van der Waals surface area contributed by atoms with Crippen LogP contribution in [-0.2, 0) is 47.6 Å². The second-order valence-corrected chi connectivity index (χ2v) is 13.2. The fourth-order valence-electron chi connectivity index (χ4n) is 5.31. The van der Waals surface area contributed by atoms with Crippen molar-refractivity contribution in [1.82, 2.24) is 4.90 Å². The molecule has 26 nitrogen and oxygen atoms in total.